The van der Waals surface area contributed by atoms with Gasteiger partial charge in [-0.25, -0.2) is 8.42 Å². The third kappa shape index (κ3) is 3.62. The second-order valence-corrected chi connectivity index (χ2v) is 9.42. The molecule has 1 atom stereocenters. The highest BCUT2D eigenvalue weighted by molar-refractivity contribution is 7.99. The zero-order valence-electron chi connectivity index (χ0n) is 13.8. The zero-order valence-corrected chi connectivity index (χ0v) is 15.5. The molecule has 3 heterocycles. The Morgan fingerprint density at radius 1 is 1.42 bits per heavy atom. The van der Waals surface area contributed by atoms with Gasteiger partial charge in [-0.3, -0.25) is 4.79 Å². The second kappa shape index (κ2) is 6.80. The number of Topliss-reactive ketones (excluding diaryl/α,β-unsaturated/α-hetero) is 1. The first-order valence-electron chi connectivity index (χ1n) is 7.89. The van der Waals surface area contributed by atoms with Crippen molar-refractivity contribution in [2.45, 2.75) is 32.1 Å². The molecular formula is C17H21NO4S2. The topological polar surface area (TPSA) is 69.3 Å². The Morgan fingerprint density at radius 2 is 2.21 bits per heavy atom. The molecule has 3 rings (SSSR count). The molecule has 0 N–H and O–H groups in total. The lowest BCUT2D eigenvalue weighted by molar-refractivity contribution is 0.102. The van der Waals surface area contributed by atoms with Crippen LogP contribution in [0.1, 0.15) is 40.0 Å². The Balaban J connectivity index is 1.70. The monoisotopic (exact) mass is 367 g/mol. The molecule has 1 aliphatic heterocycles. The van der Waals surface area contributed by atoms with Crippen molar-refractivity contribution in [1.29, 1.82) is 0 Å². The molecule has 7 heteroatoms. The molecule has 0 bridgehead atoms. The molecule has 2 aromatic rings. The molecule has 2 aromatic heterocycles. The van der Waals surface area contributed by atoms with Crippen molar-refractivity contribution < 1.29 is 17.6 Å². The van der Waals surface area contributed by atoms with E-state index in [0.717, 1.165) is 17.1 Å². The summed E-state index contributed by atoms with van der Waals surface area (Å²) in [6.07, 6.45) is 2.25. The van der Waals surface area contributed by atoms with E-state index in [1.54, 1.807) is 6.26 Å². The summed E-state index contributed by atoms with van der Waals surface area (Å²) in [5, 5.41) is 0. The van der Waals surface area contributed by atoms with Crippen molar-refractivity contribution >= 4 is 27.4 Å². The van der Waals surface area contributed by atoms with E-state index in [2.05, 4.69) is 0 Å². The second-order valence-electron chi connectivity index (χ2n) is 6.21. The number of nitrogens with zero attached hydrogens (tertiary/aromatic N) is 1. The van der Waals surface area contributed by atoms with Gasteiger partial charge < -0.3 is 8.98 Å². The summed E-state index contributed by atoms with van der Waals surface area (Å²) >= 11 is 1.52. The number of hydrogen-bond acceptors (Lipinski definition) is 5. The van der Waals surface area contributed by atoms with Gasteiger partial charge in [-0.2, -0.15) is 0 Å². The third-order valence-corrected chi connectivity index (χ3v) is 7.12. The summed E-state index contributed by atoms with van der Waals surface area (Å²) in [6.45, 7) is 3.84. The van der Waals surface area contributed by atoms with Crippen molar-refractivity contribution in [3.63, 3.8) is 0 Å². The quantitative estimate of drug-likeness (QED) is 0.734. The summed E-state index contributed by atoms with van der Waals surface area (Å²) in [4.78, 5) is 12.5. The summed E-state index contributed by atoms with van der Waals surface area (Å²) < 4.78 is 30.8. The number of rotatable bonds is 6. The van der Waals surface area contributed by atoms with Crippen LogP contribution in [0.5, 0.6) is 0 Å². The van der Waals surface area contributed by atoms with Crippen molar-refractivity contribution in [3.05, 3.63) is 47.2 Å². The van der Waals surface area contributed by atoms with E-state index < -0.39 is 9.84 Å². The number of hydrogen-bond donors (Lipinski definition) is 0. The molecule has 0 saturated carbocycles. The van der Waals surface area contributed by atoms with Crippen LogP contribution in [0.3, 0.4) is 0 Å². The van der Waals surface area contributed by atoms with Gasteiger partial charge in [0.1, 0.15) is 5.76 Å². The lowest BCUT2D eigenvalue weighted by Gasteiger charge is -2.16. The maximum absolute atomic E-state index is 12.5. The van der Waals surface area contributed by atoms with Gasteiger partial charge in [-0.15, -0.1) is 11.8 Å². The predicted octanol–water partition coefficient (Wildman–Crippen LogP) is 3.17. The smallest absolute Gasteiger partial charge is 0.174 e. The molecule has 1 fully saturated rings. The van der Waals surface area contributed by atoms with Crippen LogP contribution < -0.4 is 0 Å². The highest BCUT2D eigenvalue weighted by Gasteiger charge is 2.31. The Kier molecular flexibility index (Phi) is 4.92. The molecule has 0 amide bonds. The first kappa shape index (κ1) is 17.4. The molecule has 5 nitrogen and oxygen atoms in total. The van der Waals surface area contributed by atoms with Crippen LogP contribution in [-0.4, -0.2) is 36.0 Å². The molecule has 0 radical (unpaired) electrons. The molecule has 24 heavy (non-hydrogen) atoms. The van der Waals surface area contributed by atoms with Gasteiger partial charge in [0.2, 0.25) is 0 Å². The van der Waals surface area contributed by atoms with Gasteiger partial charge in [0, 0.05) is 23.0 Å². The predicted molar refractivity (Wildman–Crippen MR) is 95.4 cm³/mol. The fraction of sp³-hybridized carbons (Fsp3) is 0.471. The molecule has 0 aliphatic carbocycles. The number of carbonyl (C=O) groups excluding carboxylic acids is 1. The zero-order chi connectivity index (χ0) is 17.3. The molecule has 0 aromatic carbocycles. The average molecular weight is 367 g/mol. The van der Waals surface area contributed by atoms with Crippen molar-refractivity contribution in [3.8, 4) is 0 Å². The van der Waals surface area contributed by atoms with Gasteiger partial charge >= 0.3 is 0 Å². The molecule has 0 spiro atoms. The fourth-order valence-corrected chi connectivity index (χ4v) is 5.83. The Labute approximate surface area is 146 Å². The van der Waals surface area contributed by atoms with Crippen LogP contribution in [0.25, 0.3) is 0 Å². The van der Waals surface area contributed by atoms with Gasteiger partial charge in [0.05, 0.1) is 29.3 Å². The van der Waals surface area contributed by atoms with Crippen LogP contribution in [-0.2, 0) is 15.6 Å². The van der Waals surface area contributed by atoms with E-state index in [0.29, 0.717) is 23.5 Å². The standard InChI is InChI=1S/C17H21NO4S2/c1-12-8-16(17(19)10-23-9-15-4-3-6-22-15)13(2)18(12)14-5-7-24(20,21)11-14/h3-4,6,8,14H,5,7,9-11H2,1-2H3. The molecule has 1 saturated heterocycles. The van der Waals surface area contributed by atoms with Crippen molar-refractivity contribution in [2.24, 2.45) is 0 Å². The van der Waals surface area contributed by atoms with Crippen LogP contribution >= 0.6 is 11.8 Å². The Hall–Kier alpha value is -1.47. The van der Waals surface area contributed by atoms with Crippen LogP contribution in [0.4, 0.5) is 0 Å². The number of furan rings is 1. The van der Waals surface area contributed by atoms with Gasteiger partial charge in [0.25, 0.3) is 0 Å². The summed E-state index contributed by atoms with van der Waals surface area (Å²) in [6, 6.07) is 5.56. The minimum Gasteiger partial charge on any atom is -0.468 e. The lowest BCUT2D eigenvalue weighted by Crippen LogP contribution is -2.14. The van der Waals surface area contributed by atoms with Gasteiger partial charge in [-0.1, -0.05) is 0 Å². The van der Waals surface area contributed by atoms with Crippen molar-refractivity contribution in [2.75, 3.05) is 17.3 Å². The largest absolute Gasteiger partial charge is 0.468 e. The average Bonchev–Trinajstić information content (AvgIpc) is 3.20. The fourth-order valence-electron chi connectivity index (χ4n) is 3.32. The number of sulfone groups is 1. The van der Waals surface area contributed by atoms with Crippen LogP contribution in [0, 0.1) is 13.8 Å². The normalized spacial score (nSPS) is 19.7. The number of carbonyl (C=O) groups is 1. The Morgan fingerprint density at radius 3 is 2.83 bits per heavy atom. The number of aryl methyl sites for hydroxylation is 1. The van der Waals surface area contributed by atoms with E-state index in [9.17, 15) is 13.2 Å². The maximum Gasteiger partial charge on any atom is 0.174 e. The van der Waals surface area contributed by atoms with E-state index in [1.807, 2.05) is 36.6 Å². The van der Waals surface area contributed by atoms with E-state index in [4.69, 9.17) is 4.42 Å². The molecule has 130 valence electrons. The lowest BCUT2D eigenvalue weighted by atomic mass is 10.2. The Bertz CT molecular complexity index is 834. The van der Waals surface area contributed by atoms with Crippen LogP contribution in [0.2, 0.25) is 0 Å². The molecule has 1 aliphatic rings. The van der Waals surface area contributed by atoms with Gasteiger partial charge in [0.15, 0.2) is 15.6 Å². The van der Waals surface area contributed by atoms with E-state index in [-0.39, 0.29) is 23.3 Å². The van der Waals surface area contributed by atoms with E-state index >= 15 is 0 Å². The van der Waals surface area contributed by atoms with Gasteiger partial charge in [-0.05, 0) is 38.5 Å². The third-order valence-electron chi connectivity index (χ3n) is 4.42. The van der Waals surface area contributed by atoms with Crippen molar-refractivity contribution in [1.82, 2.24) is 4.57 Å². The first-order valence-corrected chi connectivity index (χ1v) is 10.9. The number of aromatic nitrogens is 1. The molecule has 1 unspecified atom stereocenters. The minimum atomic E-state index is -2.95. The SMILES string of the molecule is Cc1cc(C(=O)CSCc2ccco2)c(C)n1C1CCS(=O)(=O)C1. The first-order chi connectivity index (χ1) is 11.4. The highest BCUT2D eigenvalue weighted by Crippen LogP contribution is 2.29. The summed E-state index contributed by atoms with van der Waals surface area (Å²) in [5.74, 6) is 2.38. The summed E-state index contributed by atoms with van der Waals surface area (Å²) in [5.41, 5.74) is 2.52. The highest BCUT2D eigenvalue weighted by atomic mass is 32.2. The maximum atomic E-state index is 12.5. The number of thioether (sulfide) groups is 1. The van der Waals surface area contributed by atoms with Crippen LogP contribution in [0.15, 0.2) is 28.9 Å². The molecular weight excluding hydrogens is 346 g/mol. The summed E-state index contributed by atoms with van der Waals surface area (Å²) in [7, 11) is -2.95. The van der Waals surface area contributed by atoms with E-state index in [1.165, 1.54) is 11.8 Å². The minimum absolute atomic E-state index is 0.0488. The number of ketones is 1.